The minimum absolute atomic E-state index is 0.0817. The summed E-state index contributed by atoms with van der Waals surface area (Å²) in [6.45, 7) is 1.36. The minimum Gasteiger partial charge on any atom is -0.368 e. The first-order chi connectivity index (χ1) is 9.81. The van der Waals surface area contributed by atoms with E-state index in [1.807, 2.05) is 36.5 Å². The van der Waals surface area contributed by atoms with Crippen LogP contribution in [-0.2, 0) is 16.1 Å². The largest absolute Gasteiger partial charge is 0.368 e. The van der Waals surface area contributed by atoms with E-state index in [2.05, 4.69) is 10.4 Å². The predicted octanol–water partition coefficient (Wildman–Crippen LogP) is 2.05. The van der Waals surface area contributed by atoms with Crippen molar-refractivity contribution in [1.82, 2.24) is 9.78 Å². The second kappa shape index (κ2) is 5.88. The third kappa shape index (κ3) is 3.05. The fraction of sp³-hybridized carbons (Fsp3) is 0.333. The van der Waals surface area contributed by atoms with Gasteiger partial charge in [0.1, 0.15) is 6.10 Å². The van der Waals surface area contributed by atoms with Gasteiger partial charge in [-0.3, -0.25) is 9.48 Å². The first-order valence-corrected chi connectivity index (χ1v) is 6.80. The number of aromatic nitrogens is 2. The third-order valence-corrected chi connectivity index (χ3v) is 3.31. The Bertz CT molecular complexity index is 574. The SMILES string of the molecule is O=C(Nc1cnn(Cc2ccccc2)c1)[C@H]1CCCO1. The van der Waals surface area contributed by atoms with Crippen molar-refractivity contribution in [2.45, 2.75) is 25.5 Å². The summed E-state index contributed by atoms with van der Waals surface area (Å²) in [6.07, 6.45) is 4.93. The van der Waals surface area contributed by atoms with Gasteiger partial charge in [0.2, 0.25) is 0 Å². The van der Waals surface area contributed by atoms with Crippen LogP contribution >= 0.6 is 0 Å². The van der Waals surface area contributed by atoms with E-state index in [1.54, 1.807) is 10.9 Å². The maximum atomic E-state index is 11.9. The summed E-state index contributed by atoms with van der Waals surface area (Å²) >= 11 is 0. The highest BCUT2D eigenvalue weighted by Crippen LogP contribution is 2.15. The van der Waals surface area contributed by atoms with Crippen molar-refractivity contribution in [2.24, 2.45) is 0 Å². The summed E-state index contributed by atoms with van der Waals surface area (Å²) < 4.78 is 7.16. The van der Waals surface area contributed by atoms with Crippen molar-refractivity contribution in [1.29, 1.82) is 0 Å². The minimum atomic E-state index is -0.313. The molecule has 0 saturated carbocycles. The number of hydrogen-bond acceptors (Lipinski definition) is 3. The molecule has 0 spiro atoms. The van der Waals surface area contributed by atoms with Gasteiger partial charge < -0.3 is 10.1 Å². The molecular formula is C15H17N3O2. The van der Waals surface area contributed by atoms with Crippen LogP contribution in [0.4, 0.5) is 5.69 Å². The molecule has 1 aromatic heterocycles. The van der Waals surface area contributed by atoms with Gasteiger partial charge in [-0.25, -0.2) is 0 Å². The Balaban J connectivity index is 1.60. The summed E-state index contributed by atoms with van der Waals surface area (Å²) in [5.41, 5.74) is 1.88. The van der Waals surface area contributed by atoms with E-state index in [0.29, 0.717) is 18.8 Å². The Kier molecular flexibility index (Phi) is 3.78. The van der Waals surface area contributed by atoms with E-state index in [4.69, 9.17) is 4.74 Å². The van der Waals surface area contributed by atoms with E-state index in [0.717, 1.165) is 12.8 Å². The van der Waals surface area contributed by atoms with Gasteiger partial charge in [-0.15, -0.1) is 0 Å². The average molecular weight is 271 g/mol. The lowest BCUT2D eigenvalue weighted by molar-refractivity contribution is -0.124. The van der Waals surface area contributed by atoms with Crippen LogP contribution in [0.25, 0.3) is 0 Å². The van der Waals surface area contributed by atoms with Crippen molar-refractivity contribution in [2.75, 3.05) is 11.9 Å². The molecule has 1 aliphatic rings. The molecule has 0 aliphatic carbocycles. The van der Waals surface area contributed by atoms with E-state index < -0.39 is 0 Å². The lowest BCUT2D eigenvalue weighted by Crippen LogP contribution is -2.26. The number of carbonyl (C=O) groups excluding carboxylic acids is 1. The van der Waals surface area contributed by atoms with Gasteiger partial charge in [-0.05, 0) is 18.4 Å². The van der Waals surface area contributed by atoms with Crippen LogP contribution in [0.1, 0.15) is 18.4 Å². The van der Waals surface area contributed by atoms with Crippen LogP contribution in [-0.4, -0.2) is 28.4 Å². The lowest BCUT2D eigenvalue weighted by Gasteiger charge is -2.08. The molecule has 2 heterocycles. The molecule has 0 unspecified atom stereocenters. The zero-order chi connectivity index (χ0) is 13.8. The highest BCUT2D eigenvalue weighted by Gasteiger charge is 2.23. The van der Waals surface area contributed by atoms with Crippen molar-refractivity contribution in [3.8, 4) is 0 Å². The number of rotatable bonds is 4. The number of benzene rings is 1. The summed E-state index contributed by atoms with van der Waals surface area (Å²) in [5.74, 6) is -0.0817. The standard InChI is InChI=1S/C15H17N3O2/c19-15(14-7-4-8-20-14)17-13-9-16-18(11-13)10-12-5-2-1-3-6-12/h1-3,5-6,9,11,14H,4,7-8,10H2,(H,17,19)/t14-/m1/s1. The lowest BCUT2D eigenvalue weighted by atomic mass is 10.2. The number of amides is 1. The number of anilines is 1. The Labute approximate surface area is 117 Å². The number of nitrogens with zero attached hydrogens (tertiary/aromatic N) is 2. The highest BCUT2D eigenvalue weighted by molar-refractivity contribution is 5.94. The van der Waals surface area contributed by atoms with Gasteiger partial charge in [0.15, 0.2) is 0 Å². The number of nitrogens with one attached hydrogen (secondary N) is 1. The van der Waals surface area contributed by atoms with Gasteiger partial charge >= 0.3 is 0 Å². The van der Waals surface area contributed by atoms with Gasteiger partial charge in [0.05, 0.1) is 18.4 Å². The molecule has 1 aromatic carbocycles. The van der Waals surface area contributed by atoms with E-state index in [-0.39, 0.29) is 12.0 Å². The maximum Gasteiger partial charge on any atom is 0.253 e. The topological polar surface area (TPSA) is 56.2 Å². The van der Waals surface area contributed by atoms with Crippen LogP contribution in [0.15, 0.2) is 42.7 Å². The number of ether oxygens (including phenoxy) is 1. The summed E-state index contributed by atoms with van der Waals surface area (Å²) in [5, 5.41) is 7.10. The molecule has 1 saturated heterocycles. The average Bonchev–Trinajstić information content (AvgIpc) is 3.11. The van der Waals surface area contributed by atoms with Crippen molar-refractivity contribution < 1.29 is 9.53 Å². The fourth-order valence-electron chi connectivity index (χ4n) is 2.29. The van der Waals surface area contributed by atoms with Gasteiger partial charge in [0.25, 0.3) is 5.91 Å². The van der Waals surface area contributed by atoms with E-state index in [9.17, 15) is 4.79 Å². The van der Waals surface area contributed by atoms with E-state index >= 15 is 0 Å². The highest BCUT2D eigenvalue weighted by atomic mass is 16.5. The van der Waals surface area contributed by atoms with E-state index in [1.165, 1.54) is 5.56 Å². The van der Waals surface area contributed by atoms with Crippen molar-refractivity contribution in [3.63, 3.8) is 0 Å². The zero-order valence-electron chi connectivity index (χ0n) is 11.2. The molecule has 5 nitrogen and oxygen atoms in total. The summed E-state index contributed by atoms with van der Waals surface area (Å²) in [6, 6.07) is 10.1. The van der Waals surface area contributed by atoms with Gasteiger partial charge in [0, 0.05) is 12.8 Å². The predicted molar refractivity (Wildman–Crippen MR) is 75.4 cm³/mol. The number of hydrogen-bond donors (Lipinski definition) is 1. The molecule has 0 bridgehead atoms. The van der Waals surface area contributed by atoms with Gasteiger partial charge in [-0.1, -0.05) is 30.3 Å². The maximum absolute atomic E-state index is 11.9. The molecule has 104 valence electrons. The van der Waals surface area contributed by atoms with Crippen molar-refractivity contribution >= 4 is 11.6 Å². The Hall–Kier alpha value is -2.14. The first-order valence-electron chi connectivity index (χ1n) is 6.80. The molecule has 20 heavy (non-hydrogen) atoms. The van der Waals surface area contributed by atoms with Crippen LogP contribution < -0.4 is 5.32 Å². The molecule has 1 amide bonds. The molecule has 5 heteroatoms. The molecule has 1 atom stereocenters. The van der Waals surface area contributed by atoms with Crippen molar-refractivity contribution in [3.05, 3.63) is 48.3 Å². The van der Waals surface area contributed by atoms with Gasteiger partial charge in [-0.2, -0.15) is 5.10 Å². The summed E-state index contributed by atoms with van der Waals surface area (Å²) in [7, 11) is 0. The molecule has 1 fully saturated rings. The normalized spacial score (nSPS) is 18.1. The summed E-state index contributed by atoms with van der Waals surface area (Å²) in [4.78, 5) is 11.9. The van der Waals surface area contributed by atoms with Crippen LogP contribution in [0.2, 0.25) is 0 Å². The molecule has 1 N–H and O–H groups in total. The monoisotopic (exact) mass is 271 g/mol. The second-order valence-electron chi connectivity index (χ2n) is 4.90. The number of carbonyl (C=O) groups is 1. The zero-order valence-corrected chi connectivity index (χ0v) is 11.2. The van der Waals surface area contributed by atoms with Crippen LogP contribution in [0.3, 0.4) is 0 Å². The molecule has 0 radical (unpaired) electrons. The molecular weight excluding hydrogens is 254 g/mol. The van der Waals surface area contributed by atoms with Crippen LogP contribution in [0.5, 0.6) is 0 Å². The Morgan fingerprint density at radius 2 is 2.25 bits per heavy atom. The molecule has 2 aromatic rings. The third-order valence-electron chi connectivity index (χ3n) is 3.31. The van der Waals surface area contributed by atoms with Crippen LogP contribution in [0, 0.1) is 0 Å². The molecule has 1 aliphatic heterocycles. The first kappa shape index (κ1) is 12.9. The Morgan fingerprint density at radius 3 is 3.00 bits per heavy atom. The smallest absolute Gasteiger partial charge is 0.253 e. The second-order valence-corrected chi connectivity index (χ2v) is 4.90. The fourth-order valence-corrected chi connectivity index (χ4v) is 2.29. The quantitative estimate of drug-likeness (QED) is 0.926. The Morgan fingerprint density at radius 1 is 1.40 bits per heavy atom. The molecule has 3 rings (SSSR count).